The van der Waals surface area contributed by atoms with Crippen LogP contribution in [0.3, 0.4) is 0 Å². The number of carbonyl (C=O) groups excluding carboxylic acids is 5. The van der Waals surface area contributed by atoms with Crippen LogP contribution in [-0.4, -0.2) is 138 Å². The summed E-state index contributed by atoms with van der Waals surface area (Å²) in [5, 5.41) is 63.5. The van der Waals surface area contributed by atoms with Gasteiger partial charge in [0.1, 0.15) is 12.7 Å². The number of halogens is 1. The number of rotatable bonds is 22. The van der Waals surface area contributed by atoms with Crippen molar-refractivity contribution in [2.75, 3.05) is 33.5 Å². The molecule has 4 unspecified atom stereocenters. The lowest BCUT2D eigenvalue weighted by Crippen LogP contribution is -2.69. The highest BCUT2D eigenvalue weighted by molar-refractivity contribution is 6.26. The third-order valence-electron chi connectivity index (χ3n) is 13.3. The third kappa shape index (κ3) is 11.0. The number of methoxy groups -OCH3 is 1. The molecule has 3 saturated carbocycles. The molecule has 0 radical (unpaired) electrons. The number of ether oxygens (including phenoxy) is 5. The van der Waals surface area contributed by atoms with Crippen molar-refractivity contribution in [3.63, 3.8) is 0 Å². The fraction of sp³-hybridized carbons (Fsp3) is 0.634. The van der Waals surface area contributed by atoms with E-state index in [1.807, 2.05) is 6.92 Å². The quantitative estimate of drug-likeness (QED) is 0.0211. The summed E-state index contributed by atoms with van der Waals surface area (Å²) < 4.78 is 27.5. The maximum atomic E-state index is 14.7. The molecule has 24 heteroatoms. The minimum absolute atomic E-state index is 0.00997. The molecule has 4 aliphatic carbocycles. The van der Waals surface area contributed by atoms with E-state index in [9.17, 15) is 29.1 Å². The maximum Gasteiger partial charge on any atom is 0.514 e. The van der Waals surface area contributed by atoms with Crippen molar-refractivity contribution in [3.8, 4) is 11.5 Å². The van der Waals surface area contributed by atoms with E-state index in [0.29, 0.717) is 25.7 Å². The molecule has 1 aromatic carbocycles. The SMILES string of the molecule is COc1cc(C(=O)OCCCCC(CON(O)O)ON(O)O)ccc1OC(=O)OCC(=O)[C@@]1(OC(=O)CCCON(O)O)C(C)CC2C3CCC4=CC(=O)C=C[C@]4(C)[C@@]3(Cl)[C@@H](O)C[C@@]21C. The smallest absolute Gasteiger partial charge is 0.493 e. The highest BCUT2D eigenvalue weighted by Crippen LogP contribution is 2.72. The molecular formula is C41H56ClN3O20. The second kappa shape index (κ2) is 21.6. The average molecular weight is 946 g/mol. The number of alkyl halides is 1. The van der Waals surface area contributed by atoms with Crippen LogP contribution in [0, 0.1) is 28.6 Å². The van der Waals surface area contributed by atoms with Gasteiger partial charge in [-0.05, 0) is 93.6 Å². The molecule has 1 aromatic rings. The molecular weight excluding hydrogens is 890 g/mol. The number of hydrogen-bond donors (Lipinski definition) is 7. The molecule has 23 nitrogen and oxygen atoms in total. The first-order valence-electron chi connectivity index (χ1n) is 20.8. The van der Waals surface area contributed by atoms with Gasteiger partial charge in [0.2, 0.25) is 5.78 Å². The van der Waals surface area contributed by atoms with E-state index in [2.05, 4.69) is 14.5 Å². The Morgan fingerprint density at radius 3 is 2.32 bits per heavy atom. The number of ketones is 2. The predicted molar refractivity (Wildman–Crippen MR) is 213 cm³/mol. The van der Waals surface area contributed by atoms with E-state index in [1.54, 1.807) is 26.0 Å². The zero-order valence-corrected chi connectivity index (χ0v) is 37.0. The summed E-state index contributed by atoms with van der Waals surface area (Å²) in [5.41, 5.74) is -3.32. The Balaban J connectivity index is 1.27. The topological polar surface area (TPSA) is 311 Å². The number of Topliss-reactive ketones (excluding diaryl/α,β-unsaturated/α-hetero) is 1. The summed E-state index contributed by atoms with van der Waals surface area (Å²) in [6, 6.07) is 3.75. The minimum Gasteiger partial charge on any atom is -0.493 e. The van der Waals surface area contributed by atoms with Crippen LogP contribution < -0.4 is 9.47 Å². The van der Waals surface area contributed by atoms with Crippen LogP contribution in [0.5, 0.6) is 11.5 Å². The van der Waals surface area contributed by atoms with E-state index in [-0.39, 0.29) is 68.2 Å². The molecule has 4 aliphatic rings. The lowest BCUT2D eigenvalue weighted by Gasteiger charge is -2.64. The zero-order valence-electron chi connectivity index (χ0n) is 36.2. The Morgan fingerprint density at radius 2 is 1.65 bits per heavy atom. The van der Waals surface area contributed by atoms with Crippen LogP contribution in [0.15, 0.2) is 42.0 Å². The molecule has 0 aromatic heterocycles. The van der Waals surface area contributed by atoms with Crippen molar-refractivity contribution in [1.29, 1.82) is 0 Å². The lowest BCUT2D eigenvalue weighted by atomic mass is 9.45. The van der Waals surface area contributed by atoms with Crippen molar-refractivity contribution in [2.24, 2.45) is 28.6 Å². The molecule has 7 N–H and O–H groups in total. The van der Waals surface area contributed by atoms with Crippen molar-refractivity contribution in [2.45, 2.75) is 101 Å². The summed E-state index contributed by atoms with van der Waals surface area (Å²) in [7, 11) is 1.25. The number of aliphatic hydroxyl groups excluding tert-OH is 1. The van der Waals surface area contributed by atoms with Gasteiger partial charge in [-0.1, -0.05) is 32.4 Å². The predicted octanol–water partition coefficient (Wildman–Crippen LogP) is 4.46. The first-order chi connectivity index (χ1) is 30.6. The molecule has 3 fully saturated rings. The molecule has 65 heavy (non-hydrogen) atoms. The molecule has 5 rings (SSSR count). The third-order valence-corrected chi connectivity index (χ3v) is 14.2. The maximum absolute atomic E-state index is 14.7. The number of carbonyl (C=O) groups is 5. The van der Waals surface area contributed by atoms with Crippen molar-refractivity contribution in [1.82, 2.24) is 16.2 Å². The summed E-state index contributed by atoms with van der Waals surface area (Å²) >= 11 is 7.60. The number of esters is 2. The number of aliphatic hydroxyl groups is 1. The van der Waals surface area contributed by atoms with Gasteiger partial charge in [-0.25, -0.2) is 19.3 Å². The zero-order chi connectivity index (χ0) is 47.9. The van der Waals surface area contributed by atoms with Crippen molar-refractivity contribution >= 4 is 41.3 Å². The van der Waals surface area contributed by atoms with Gasteiger partial charge in [-0.2, -0.15) is 0 Å². The van der Waals surface area contributed by atoms with Crippen LogP contribution in [0.4, 0.5) is 4.79 Å². The number of benzene rings is 1. The summed E-state index contributed by atoms with van der Waals surface area (Å²) in [6.07, 6.45) is 2.68. The highest BCUT2D eigenvalue weighted by atomic mass is 35.5. The van der Waals surface area contributed by atoms with Gasteiger partial charge in [-0.15, -0.1) is 11.6 Å². The van der Waals surface area contributed by atoms with Crippen LogP contribution in [-0.2, 0) is 43.1 Å². The van der Waals surface area contributed by atoms with Crippen LogP contribution in [0.25, 0.3) is 0 Å². The van der Waals surface area contributed by atoms with E-state index in [4.69, 9.17) is 66.5 Å². The summed E-state index contributed by atoms with van der Waals surface area (Å²) in [4.78, 5) is 79.0. The number of hydrogen-bond acceptors (Lipinski definition) is 23. The Kier molecular flexibility index (Phi) is 17.2. The number of allylic oxidation sites excluding steroid dienone is 4. The van der Waals surface area contributed by atoms with Crippen molar-refractivity contribution < 1.29 is 98.5 Å². The molecule has 0 heterocycles. The molecule has 0 spiro atoms. The van der Waals surface area contributed by atoms with Crippen LogP contribution in [0.2, 0.25) is 0 Å². The Bertz CT molecular complexity index is 1970. The molecule has 0 saturated heterocycles. The van der Waals surface area contributed by atoms with Gasteiger partial charge in [-0.3, -0.25) is 50.5 Å². The number of nitrogens with zero attached hydrogens (tertiary/aromatic N) is 3. The Morgan fingerprint density at radius 1 is 0.923 bits per heavy atom. The van der Waals surface area contributed by atoms with Crippen LogP contribution in [0.1, 0.15) is 88.9 Å². The monoisotopic (exact) mass is 945 g/mol. The second-order valence-electron chi connectivity index (χ2n) is 16.9. The molecule has 0 amide bonds. The fourth-order valence-electron chi connectivity index (χ4n) is 10.4. The summed E-state index contributed by atoms with van der Waals surface area (Å²) in [6.45, 7) is 3.61. The van der Waals surface area contributed by atoms with E-state index >= 15 is 0 Å². The van der Waals surface area contributed by atoms with Crippen LogP contribution >= 0.6 is 11.6 Å². The first kappa shape index (κ1) is 51.8. The second-order valence-corrected chi connectivity index (χ2v) is 17.5. The Hall–Kier alpha value is -4.18. The van der Waals surface area contributed by atoms with Gasteiger partial charge in [0.25, 0.3) is 0 Å². The molecule has 362 valence electrons. The molecule has 0 bridgehead atoms. The first-order valence-corrected chi connectivity index (χ1v) is 21.2. The average Bonchev–Trinajstić information content (AvgIpc) is 3.45. The van der Waals surface area contributed by atoms with E-state index < -0.39 is 105 Å². The van der Waals surface area contributed by atoms with E-state index in [1.165, 1.54) is 31.4 Å². The van der Waals surface area contributed by atoms with Gasteiger partial charge in [0, 0.05) is 23.2 Å². The largest absolute Gasteiger partial charge is 0.514 e. The van der Waals surface area contributed by atoms with Gasteiger partial charge in [0.15, 0.2) is 29.5 Å². The van der Waals surface area contributed by atoms with Gasteiger partial charge < -0.3 is 28.8 Å². The number of fused-ring (bicyclic) bond motifs is 5. The fourth-order valence-corrected chi connectivity index (χ4v) is 10.9. The summed E-state index contributed by atoms with van der Waals surface area (Å²) in [5.74, 6) is -4.37. The van der Waals surface area contributed by atoms with Gasteiger partial charge >= 0.3 is 18.1 Å². The van der Waals surface area contributed by atoms with Gasteiger partial charge in [0.05, 0.1) is 53.0 Å². The Labute approximate surface area is 377 Å². The molecule has 0 aliphatic heterocycles. The van der Waals surface area contributed by atoms with E-state index in [0.717, 1.165) is 5.57 Å². The normalized spacial score (nSPS) is 29.7. The number of unbranched alkanes of at least 4 members (excludes halogenated alkanes) is 1. The lowest BCUT2D eigenvalue weighted by molar-refractivity contribution is -0.527. The highest BCUT2D eigenvalue weighted by Gasteiger charge is 2.76. The minimum atomic E-state index is -1.96. The molecule has 9 atom stereocenters. The van der Waals surface area contributed by atoms with Crippen molar-refractivity contribution in [3.05, 3.63) is 47.6 Å². The standard InChI is InChI=1S/C41H56ClN3O20/c1-24-18-30-29-12-11-26-20-27(46)14-15-38(26,2)40(29,42)33(47)21-39(30,3)41(24,64-35(49)9-7-17-61-43(52)53)34(48)23-60-37(51)63-31-13-10-25(19-32(31)58-4)36(50)59-16-6-5-8-28(65-45(56)57)22-62-44(54)55/h10,13-15,19-20,24,28-30,33,47,52-57H,5-9,11-12,16-18,21-23H2,1-4H3/t24?,28?,29?,30?,33-,38-,39-,40-,41-/m0/s1.